The third-order valence-electron chi connectivity index (χ3n) is 2.46. The average Bonchev–Trinajstić information content (AvgIpc) is 2.67. The van der Waals surface area contributed by atoms with Gasteiger partial charge in [0.05, 0.1) is 12.1 Å². The Labute approximate surface area is 102 Å². The molecule has 2 N–H and O–H groups in total. The summed E-state index contributed by atoms with van der Waals surface area (Å²) in [6.07, 6.45) is -1.28. The third-order valence-corrected chi connectivity index (χ3v) is 2.46. The molecule has 0 radical (unpaired) electrons. The summed E-state index contributed by atoms with van der Waals surface area (Å²) in [6, 6.07) is 5.55. The van der Waals surface area contributed by atoms with E-state index in [0.717, 1.165) is 4.57 Å². The maximum atomic E-state index is 11.7. The fraction of sp³-hybridized carbons (Fsp3) is 0.167. The van der Waals surface area contributed by atoms with Crippen molar-refractivity contribution >= 4 is 23.0 Å². The first kappa shape index (κ1) is 12.0. The van der Waals surface area contributed by atoms with Gasteiger partial charge >= 0.3 is 12.1 Å². The number of phenols is 1. The Morgan fingerprint density at radius 2 is 2.06 bits per heavy atom. The lowest BCUT2D eigenvalue weighted by atomic mass is 10.2. The van der Waals surface area contributed by atoms with Crippen LogP contribution in [0.25, 0.3) is 10.9 Å². The molecule has 0 amide bonds. The van der Waals surface area contributed by atoms with E-state index in [1.54, 1.807) is 6.92 Å². The van der Waals surface area contributed by atoms with E-state index in [1.807, 2.05) is 0 Å². The van der Waals surface area contributed by atoms with E-state index in [4.69, 9.17) is 9.84 Å². The first-order valence-corrected chi connectivity index (χ1v) is 5.29. The average molecular weight is 249 g/mol. The summed E-state index contributed by atoms with van der Waals surface area (Å²) in [5.41, 5.74) is 0.244. The van der Waals surface area contributed by atoms with E-state index in [9.17, 15) is 14.7 Å². The first-order valence-electron chi connectivity index (χ1n) is 5.29. The standard InChI is InChI=1S/C12H11NO5/c1-2-18-11(15)10-6-7-5-8(14)3-4-9(7)13(10)12(16)17/h3-6,14H,2H2,1H3,(H,16,17). The molecule has 0 saturated carbocycles. The van der Waals surface area contributed by atoms with E-state index in [1.165, 1.54) is 24.3 Å². The first-order chi connectivity index (χ1) is 8.54. The second kappa shape index (κ2) is 4.40. The highest BCUT2D eigenvalue weighted by Crippen LogP contribution is 2.24. The van der Waals surface area contributed by atoms with Gasteiger partial charge in [0, 0.05) is 5.39 Å². The van der Waals surface area contributed by atoms with Crippen LogP contribution < -0.4 is 0 Å². The molecule has 18 heavy (non-hydrogen) atoms. The number of aromatic hydroxyl groups is 1. The fourth-order valence-electron chi connectivity index (χ4n) is 1.76. The van der Waals surface area contributed by atoms with E-state index in [0.29, 0.717) is 10.9 Å². The summed E-state index contributed by atoms with van der Waals surface area (Å²) >= 11 is 0. The highest BCUT2D eigenvalue weighted by atomic mass is 16.5. The summed E-state index contributed by atoms with van der Waals surface area (Å²) in [5, 5.41) is 18.9. The fourth-order valence-corrected chi connectivity index (χ4v) is 1.76. The quantitative estimate of drug-likeness (QED) is 0.795. The molecular weight excluding hydrogens is 238 g/mol. The number of esters is 1. The molecule has 1 aromatic carbocycles. The van der Waals surface area contributed by atoms with Crippen molar-refractivity contribution in [1.29, 1.82) is 0 Å². The zero-order chi connectivity index (χ0) is 13.3. The van der Waals surface area contributed by atoms with Gasteiger partial charge in [0.2, 0.25) is 0 Å². The number of carbonyl (C=O) groups excluding carboxylic acids is 1. The molecule has 6 nitrogen and oxygen atoms in total. The summed E-state index contributed by atoms with van der Waals surface area (Å²) in [4.78, 5) is 22.8. The molecule has 0 unspecified atom stereocenters. The van der Waals surface area contributed by atoms with Gasteiger partial charge in [-0.05, 0) is 31.2 Å². The van der Waals surface area contributed by atoms with Crippen molar-refractivity contribution < 1.29 is 24.5 Å². The van der Waals surface area contributed by atoms with Crippen molar-refractivity contribution in [1.82, 2.24) is 4.57 Å². The number of benzene rings is 1. The third kappa shape index (κ3) is 1.88. The predicted octanol–water partition coefficient (Wildman–Crippen LogP) is 2.05. The van der Waals surface area contributed by atoms with Gasteiger partial charge in [-0.3, -0.25) is 0 Å². The van der Waals surface area contributed by atoms with Gasteiger partial charge in [-0.25, -0.2) is 14.2 Å². The molecular formula is C12H11NO5. The molecule has 0 aliphatic heterocycles. The van der Waals surface area contributed by atoms with Gasteiger partial charge in [-0.1, -0.05) is 0 Å². The number of fused-ring (bicyclic) bond motifs is 1. The van der Waals surface area contributed by atoms with Gasteiger partial charge in [-0.2, -0.15) is 0 Å². The molecule has 94 valence electrons. The van der Waals surface area contributed by atoms with Crippen LogP contribution in [-0.2, 0) is 4.74 Å². The van der Waals surface area contributed by atoms with Crippen LogP contribution in [0.1, 0.15) is 17.4 Å². The van der Waals surface area contributed by atoms with Crippen LogP contribution in [0.15, 0.2) is 24.3 Å². The number of phenolic OH excluding ortho intramolecular Hbond substituents is 1. The topological polar surface area (TPSA) is 88.8 Å². The zero-order valence-corrected chi connectivity index (χ0v) is 9.58. The monoisotopic (exact) mass is 249 g/mol. The lowest BCUT2D eigenvalue weighted by Gasteiger charge is -2.04. The highest BCUT2D eigenvalue weighted by molar-refractivity contribution is 6.01. The number of ether oxygens (including phenoxy) is 1. The normalized spacial score (nSPS) is 10.5. The maximum Gasteiger partial charge on any atom is 0.416 e. The second-order valence-electron chi connectivity index (χ2n) is 3.61. The SMILES string of the molecule is CCOC(=O)c1cc2cc(O)ccc2n1C(=O)O. The van der Waals surface area contributed by atoms with Crippen molar-refractivity contribution in [2.45, 2.75) is 6.92 Å². The Morgan fingerprint density at radius 1 is 1.33 bits per heavy atom. The lowest BCUT2D eigenvalue weighted by molar-refractivity contribution is 0.0514. The molecule has 1 heterocycles. The molecule has 0 atom stereocenters. The minimum atomic E-state index is -1.28. The minimum Gasteiger partial charge on any atom is -0.508 e. The summed E-state index contributed by atoms with van der Waals surface area (Å²) in [7, 11) is 0. The van der Waals surface area contributed by atoms with Crippen molar-refractivity contribution in [3.8, 4) is 5.75 Å². The van der Waals surface area contributed by atoms with Crippen LogP contribution in [0, 0.1) is 0 Å². The van der Waals surface area contributed by atoms with Crippen molar-refractivity contribution in [2.75, 3.05) is 6.61 Å². The number of hydrogen-bond donors (Lipinski definition) is 2. The van der Waals surface area contributed by atoms with Crippen molar-refractivity contribution in [3.63, 3.8) is 0 Å². The summed E-state index contributed by atoms with van der Waals surface area (Å²) < 4.78 is 5.63. The van der Waals surface area contributed by atoms with Crippen LogP contribution in [0.2, 0.25) is 0 Å². The molecule has 0 saturated heterocycles. The van der Waals surface area contributed by atoms with Gasteiger partial charge < -0.3 is 14.9 Å². The number of aromatic nitrogens is 1. The van der Waals surface area contributed by atoms with Crippen LogP contribution >= 0.6 is 0 Å². The van der Waals surface area contributed by atoms with Crippen LogP contribution in [-0.4, -0.2) is 33.4 Å². The Kier molecular flexibility index (Phi) is 2.93. The molecule has 0 fully saturated rings. The Balaban J connectivity index is 2.68. The number of rotatable bonds is 2. The van der Waals surface area contributed by atoms with E-state index in [2.05, 4.69) is 0 Å². The predicted molar refractivity (Wildman–Crippen MR) is 63.0 cm³/mol. The Hall–Kier alpha value is -2.50. The number of carbonyl (C=O) groups is 2. The Morgan fingerprint density at radius 3 is 2.67 bits per heavy atom. The smallest absolute Gasteiger partial charge is 0.416 e. The molecule has 2 rings (SSSR count). The second-order valence-corrected chi connectivity index (χ2v) is 3.61. The number of hydrogen-bond acceptors (Lipinski definition) is 4. The van der Waals surface area contributed by atoms with Crippen molar-refractivity contribution in [2.24, 2.45) is 0 Å². The van der Waals surface area contributed by atoms with Gasteiger partial charge in [0.15, 0.2) is 0 Å². The van der Waals surface area contributed by atoms with Crippen LogP contribution in [0.3, 0.4) is 0 Å². The maximum absolute atomic E-state index is 11.7. The molecule has 0 aliphatic carbocycles. The number of carboxylic acid groups (broad SMARTS) is 1. The molecule has 6 heteroatoms. The van der Waals surface area contributed by atoms with E-state index in [-0.39, 0.29) is 18.1 Å². The molecule has 1 aromatic heterocycles. The van der Waals surface area contributed by atoms with Crippen LogP contribution in [0.4, 0.5) is 4.79 Å². The minimum absolute atomic E-state index is 0.000414. The summed E-state index contributed by atoms with van der Waals surface area (Å²) in [5.74, 6) is -0.712. The van der Waals surface area contributed by atoms with Gasteiger partial charge in [0.1, 0.15) is 11.4 Å². The molecule has 0 aliphatic rings. The molecule has 0 bridgehead atoms. The lowest BCUT2D eigenvalue weighted by Crippen LogP contribution is -2.17. The van der Waals surface area contributed by atoms with Crippen LogP contribution in [0.5, 0.6) is 5.75 Å². The van der Waals surface area contributed by atoms with E-state index < -0.39 is 12.1 Å². The molecule has 0 spiro atoms. The zero-order valence-electron chi connectivity index (χ0n) is 9.58. The van der Waals surface area contributed by atoms with Gasteiger partial charge in [0.25, 0.3) is 0 Å². The molecule has 2 aromatic rings. The highest BCUT2D eigenvalue weighted by Gasteiger charge is 2.20. The Bertz CT molecular complexity index is 629. The number of nitrogens with zero attached hydrogens (tertiary/aromatic N) is 1. The van der Waals surface area contributed by atoms with Gasteiger partial charge in [-0.15, -0.1) is 0 Å². The summed E-state index contributed by atoms with van der Waals surface area (Å²) in [6.45, 7) is 1.79. The van der Waals surface area contributed by atoms with Crippen molar-refractivity contribution in [3.05, 3.63) is 30.0 Å². The van der Waals surface area contributed by atoms with E-state index >= 15 is 0 Å². The largest absolute Gasteiger partial charge is 0.508 e.